The number of rotatable bonds is 1. The molecule has 0 radical (unpaired) electrons. The summed E-state index contributed by atoms with van der Waals surface area (Å²) in [6.45, 7) is 6.27. The highest BCUT2D eigenvalue weighted by Crippen LogP contribution is 2.32. The zero-order valence-corrected chi connectivity index (χ0v) is 11.0. The van der Waals surface area contributed by atoms with E-state index in [9.17, 15) is 9.59 Å². The van der Waals surface area contributed by atoms with E-state index in [1.165, 1.54) is 4.90 Å². The number of nitrogen functional groups attached to an aromatic ring is 1. The van der Waals surface area contributed by atoms with E-state index in [0.29, 0.717) is 11.4 Å². The van der Waals surface area contributed by atoms with Crippen LogP contribution < -0.4 is 10.6 Å². The van der Waals surface area contributed by atoms with Crippen molar-refractivity contribution >= 4 is 23.2 Å². The first-order valence-corrected chi connectivity index (χ1v) is 6.06. The average Bonchev–Trinajstić information content (AvgIpc) is 2.58. The van der Waals surface area contributed by atoms with Crippen LogP contribution in [0.1, 0.15) is 39.2 Å². The van der Waals surface area contributed by atoms with Gasteiger partial charge in [0.1, 0.15) is 0 Å². The monoisotopic (exact) mass is 246 g/mol. The molecule has 2 amide bonds. The van der Waals surface area contributed by atoms with Gasteiger partial charge in [0.25, 0.3) is 0 Å². The van der Waals surface area contributed by atoms with Gasteiger partial charge in [0.15, 0.2) is 0 Å². The summed E-state index contributed by atoms with van der Waals surface area (Å²) in [7, 11) is 0. The third kappa shape index (κ3) is 2.10. The molecule has 1 aromatic carbocycles. The summed E-state index contributed by atoms with van der Waals surface area (Å²) in [6.07, 6.45) is 0.554. The summed E-state index contributed by atoms with van der Waals surface area (Å²) in [5.41, 5.74) is 8.04. The van der Waals surface area contributed by atoms with E-state index in [1.54, 1.807) is 6.07 Å². The lowest BCUT2D eigenvalue weighted by Gasteiger charge is -2.22. The molecule has 0 bridgehead atoms. The topological polar surface area (TPSA) is 63.4 Å². The second kappa shape index (κ2) is 4.12. The molecule has 1 heterocycles. The van der Waals surface area contributed by atoms with Gasteiger partial charge in [0, 0.05) is 12.8 Å². The first-order chi connectivity index (χ1) is 8.30. The lowest BCUT2D eigenvalue weighted by molar-refractivity contribution is -0.121. The summed E-state index contributed by atoms with van der Waals surface area (Å²) in [5.74, 6) is -0.342. The van der Waals surface area contributed by atoms with Gasteiger partial charge in [-0.25, -0.2) is 4.90 Å². The Morgan fingerprint density at radius 2 is 1.67 bits per heavy atom. The number of anilines is 2. The van der Waals surface area contributed by atoms with Crippen LogP contribution in [-0.2, 0) is 15.0 Å². The van der Waals surface area contributed by atoms with Crippen LogP contribution in [0.2, 0.25) is 0 Å². The van der Waals surface area contributed by atoms with Crippen LogP contribution in [0.25, 0.3) is 0 Å². The third-order valence-electron chi connectivity index (χ3n) is 3.19. The molecule has 0 aliphatic carbocycles. The van der Waals surface area contributed by atoms with E-state index in [2.05, 4.69) is 20.8 Å². The zero-order chi connectivity index (χ0) is 13.5. The molecule has 0 atom stereocenters. The molecule has 1 aliphatic heterocycles. The highest BCUT2D eigenvalue weighted by Gasteiger charge is 2.31. The molecule has 2 rings (SSSR count). The molecule has 96 valence electrons. The van der Waals surface area contributed by atoms with Crippen LogP contribution in [0.3, 0.4) is 0 Å². The van der Waals surface area contributed by atoms with Gasteiger partial charge >= 0.3 is 0 Å². The standard InChI is InChI=1S/C14H18N2O2/c1-14(2,3)9-4-5-11(10(15)8-9)16-12(17)6-7-13(16)18/h4-5,8H,6-7,15H2,1-3H3. The van der Waals surface area contributed by atoms with Crippen LogP contribution in [0.5, 0.6) is 0 Å². The van der Waals surface area contributed by atoms with E-state index in [1.807, 2.05) is 12.1 Å². The van der Waals surface area contributed by atoms with Gasteiger partial charge < -0.3 is 5.73 Å². The SMILES string of the molecule is CC(C)(C)c1ccc(N2C(=O)CCC2=O)c(N)c1. The van der Waals surface area contributed by atoms with E-state index in [-0.39, 0.29) is 30.1 Å². The quantitative estimate of drug-likeness (QED) is 0.610. The van der Waals surface area contributed by atoms with Crippen LogP contribution in [0.4, 0.5) is 11.4 Å². The van der Waals surface area contributed by atoms with Gasteiger partial charge in [-0.2, -0.15) is 0 Å². The maximum absolute atomic E-state index is 11.7. The van der Waals surface area contributed by atoms with Crippen molar-refractivity contribution in [3.8, 4) is 0 Å². The molecule has 2 N–H and O–H groups in total. The summed E-state index contributed by atoms with van der Waals surface area (Å²) in [6, 6.07) is 5.52. The molecule has 18 heavy (non-hydrogen) atoms. The molecular weight excluding hydrogens is 228 g/mol. The van der Waals surface area contributed by atoms with Crippen molar-refractivity contribution in [2.75, 3.05) is 10.6 Å². The first-order valence-electron chi connectivity index (χ1n) is 6.06. The number of hydrogen-bond donors (Lipinski definition) is 1. The highest BCUT2D eigenvalue weighted by molar-refractivity contribution is 6.21. The Morgan fingerprint density at radius 3 is 2.11 bits per heavy atom. The number of carbonyl (C=O) groups is 2. The molecule has 1 aliphatic rings. The number of nitrogens with zero attached hydrogens (tertiary/aromatic N) is 1. The molecule has 1 aromatic rings. The van der Waals surface area contributed by atoms with Crippen LogP contribution in [0.15, 0.2) is 18.2 Å². The maximum Gasteiger partial charge on any atom is 0.234 e. The fourth-order valence-electron chi connectivity index (χ4n) is 2.07. The Hall–Kier alpha value is -1.84. The Kier molecular flexibility index (Phi) is 2.89. The Morgan fingerprint density at radius 1 is 1.11 bits per heavy atom. The molecule has 0 saturated carbocycles. The number of carbonyl (C=O) groups excluding carboxylic acids is 2. The molecule has 0 spiro atoms. The molecule has 4 heteroatoms. The van der Waals surface area contributed by atoms with Crippen molar-refractivity contribution in [1.29, 1.82) is 0 Å². The fraction of sp³-hybridized carbons (Fsp3) is 0.429. The lowest BCUT2D eigenvalue weighted by Crippen LogP contribution is -2.29. The van der Waals surface area contributed by atoms with Crippen molar-refractivity contribution in [3.63, 3.8) is 0 Å². The minimum atomic E-state index is -0.171. The van der Waals surface area contributed by atoms with Gasteiger partial charge in [-0.15, -0.1) is 0 Å². The molecule has 0 aromatic heterocycles. The van der Waals surface area contributed by atoms with Crippen LogP contribution >= 0.6 is 0 Å². The average molecular weight is 246 g/mol. The van der Waals surface area contributed by atoms with E-state index < -0.39 is 0 Å². The smallest absolute Gasteiger partial charge is 0.234 e. The van der Waals surface area contributed by atoms with Gasteiger partial charge in [-0.1, -0.05) is 26.8 Å². The van der Waals surface area contributed by atoms with Crippen molar-refractivity contribution < 1.29 is 9.59 Å². The van der Waals surface area contributed by atoms with Crippen LogP contribution in [0, 0.1) is 0 Å². The molecule has 0 unspecified atom stereocenters. The maximum atomic E-state index is 11.7. The minimum absolute atomic E-state index is 0.00826. The Labute approximate surface area is 107 Å². The summed E-state index contributed by atoms with van der Waals surface area (Å²) in [5, 5.41) is 0. The number of nitrogens with two attached hydrogens (primary N) is 1. The highest BCUT2D eigenvalue weighted by atomic mass is 16.2. The predicted molar refractivity (Wildman–Crippen MR) is 71.3 cm³/mol. The molecule has 1 saturated heterocycles. The normalized spacial score (nSPS) is 16.5. The summed E-state index contributed by atoms with van der Waals surface area (Å²) < 4.78 is 0. The Balaban J connectivity index is 2.42. The van der Waals surface area contributed by atoms with Gasteiger partial charge in [-0.3, -0.25) is 9.59 Å². The predicted octanol–water partition coefficient (Wildman–Crippen LogP) is 2.22. The van der Waals surface area contributed by atoms with E-state index >= 15 is 0 Å². The van der Waals surface area contributed by atoms with Crippen molar-refractivity contribution in [2.24, 2.45) is 0 Å². The van der Waals surface area contributed by atoms with Crippen molar-refractivity contribution in [3.05, 3.63) is 23.8 Å². The fourth-order valence-corrected chi connectivity index (χ4v) is 2.07. The summed E-state index contributed by atoms with van der Waals surface area (Å²) in [4.78, 5) is 24.5. The van der Waals surface area contributed by atoms with Crippen LogP contribution in [-0.4, -0.2) is 11.8 Å². The van der Waals surface area contributed by atoms with E-state index in [4.69, 9.17) is 5.73 Å². The second-order valence-corrected chi connectivity index (χ2v) is 5.65. The largest absolute Gasteiger partial charge is 0.397 e. The zero-order valence-electron chi connectivity index (χ0n) is 11.0. The van der Waals surface area contributed by atoms with Crippen molar-refractivity contribution in [2.45, 2.75) is 39.0 Å². The minimum Gasteiger partial charge on any atom is -0.397 e. The lowest BCUT2D eigenvalue weighted by atomic mass is 9.86. The number of hydrogen-bond acceptors (Lipinski definition) is 3. The van der Waals surface area contributed by atoms with E-state index in [0.717, 1.165) is 5.56 Å². The summed E-state index contributed by atoms with van der Waals surface area (Å²) >= 11 is 0. The van der Waals surface area contributed by atoms with Crippen molar-refractivity contribution in [1.82, 2.24) is 0 Å². The Bertz CT molecular complexity index is 499. The molecule has 4 nitrogen and oxygen atoms in total. The number of imide groups is 1. The third-order valence-corrected chi connectivity index (χ3v) is 3.19. The van der Waals surface area contributed by atoms with Gasteiger partial charge in [0.2, 0.25) is 11.8 Å². The number of benzene rings is 1. The van der Waals surface area contributed by atoms with Gasteiger partial charge in [-0.05, 0) is 23.1 Å². The second-order valence-electron chi connectivity index (χ2n) is 5.65. The van der Waals surface area contributed by atoms with Gasteiger partial charge in [0.05, 0.1) is 11.4 Å². The first kappa shape index (κ1) is 12.6. The molecular formula is C14H18N2O2. The number of amides is 2. The molecule has 1 fully saturated rings.